The van der Waals surface area contributed by atoms with Crippen molar-refractivity contribution in [3.8, 4) is 11.5 Å². The van der Waals surface area contributed by atoms with Gasteiger partial charge in [-0.05, 0) is 152 Å². The number of carboxylic acid groups (broad SMARTS) is 4. The highest BCUT2D eigenvalue weighted by Gasteiger charge is 2.31. The van der Waals surface area contributed by atoms with E-state index in [1.54, 1.807) is 45.0 Å². The Morgan fingerprint density at radius 1 is 0.346 bits per heavy atom. The van der Waals surface area contributed by atoms with Crippen LogP contribution in [0.25, 0.3) is 0 Å². The van der Waals surface area contributed by atoms with E-state index in [-0.39, 0.29) is 190 Å². The molecule has 0 aliphatic heterocycles. The lowest BCUT2D eigenvalue weighted by atomic mass is 9.79. The maximum atomic E-state index is 13.9. The Labute approximate surface area is 754 Å². The van der Waals surface area contributed by atoms with Gasteiger partial charge in [-0.1, -0.05) is 136 Å². The van der Waals surface area contributed by atoms with Gasteiger partial charge in [0.05, 0.1) is 82.0 Å². The van der Waals surface area contributed by atoms with Crippen LogP contribution >= 0.6 is 0 Å². The van der Waals surface area contributed by atoms with E-state index < -0.39 is 71.1 Å². The first-order valence-corrected chi connectivity index (χ1v) is 46.3. The van der Waals surface area contributed by atoms with Crippen molar-refractivity contribution in [2.45, 2.75) is 309 Å². The smallest absolute Gasteiger partial charge is 0.335 e. The first-order chi connectivity index (χ1) is 60.9. The zero-order chi connectivity index (χ0) is 93.7. The van der Waals surface area contributed by atoms with E-state index in [1.807, 2.05) is 0 Å². The van der Waals surface area contributed by atoms with Gasteiger partial charge in [0.1, 0.15) is 53.9 Å². The van der Waals surface area contributed by atoms with Gasteiger partial charge in [0.2, 0.25) is 35.4 Å². The Morgan fingerprint density at radius 3 is 1.20 bits per heavy atom. The molecule has 0 aliphatic rings. The minimum atomic E-state index is -1.22. The Hall–Kier alpha value is -9.15. The van der Waals surface area contributed by atoms with Crippen LogP contribution in [-0.2, 0) is 81.3 Å². The van der Waals surface area contributed by atoms with E-state index in [0.29, 0.717) is 154 Å². The molecule has 33 nitrogen and oxygen atoms in total. The lowest BCUT2D eigenvalue weighted by Gasteiger charge is -2.23. The molecule has 722 valence electrons. The molecule has 127 heavy (non-hydrogen) atoms. The van der Waals surface area contributed by atoms with Crippen LogP contribution in [0.1, 0.15) is 315 Å². The number of nitrogens with one attached hydrogen (secondary N) is 6. The molecule has 0 aliphatic carbocycles. The summed E-state index contributed by atoms with van der Waals surface area (Å²) in [4.78, 5) is 186. The van der Waals surface area contributed by atoms with Gasteiger partial charge in [-0.15, -0.1) is 0 Å². The van der Waals surface area contributed by atoms with Crippen LogP contribution in [0.2, 0.25) is 0 Å². The quantitative estimate of drug-likeness (QED) is 0.0274. The highest BCUT2D eigenvalue weighted by atomic mass is 16.5. The van der Waals surface area contributed by atoms with Gasteiger partial charge < -0.3 is 92.2 Å². The third kappa shape index (κ3) is 61.1. The molecule has 33 heteroatoms. The fourth-order valence-corrected chi connectivity index (χ4v) is 13.8. The Morgan fingerprint density at radius 2 is 0.740 bits per heavy atom. The van der Waals surface area contributed by atoms with Crippen molar-refractivity contribution >= 4 is 88.2 Å². The van der Waals surface area contributed by atoms with Gasteiger partial charge in [0, 0.05) is 104 Å². The molecule has 0 radical (unpaired) electrons. The van der Waals surface area contributed by atoms with Crippen LogP contribution in [0, 0.1) is 23.2 Å². The van der Waals surface area contributed by atoms with E-state index >= 15 is 0 Å². The summed E-state index contributed by atoms with van der Waals surface area (Å²) >= 11 is 0. The van der Waals surface area contributed by atoms with Crippen molar-refractivity contribution < 1.29 is 124 Å². The minimum absolute atomic E-state index is 0. The molecule has 2 aromatic carbocycles. The highest BCUT2D eigenvalue weighted by molar-refractivity contribution is 5.93. The average molecular weight is 1800 g/mol. The standard InChI is InChI=1S/C94H152N8O25.2H2/c1-69(103)72(32-24-27-52-100-88(112)79(95)36-22-19-21-35-76(105)67-124-62-60-122-58-54-98-84(108)49-43-74(92(118)119)64-75(104)34-20-15-11-7-5-9-13-17-30-56-126-77-44-39-70(40-45-77)90(114)115)65-82(106)73(66-83(107)94(2,3)4)33-25-28-53-101-89(113)80(96)37-26-29-51-97-87(111)68-125-63-61-123-59-55-99-85(109)50-48-81(93(120)121)102-86(110)38-23-16-12-8-6-10-14-18-31-57-127-78-46-41-71(42-47-78)91(116)117;;/h39-42,44-47,72-74,79-81H,5-38,43,48-68,95-96H2,1-4H3,(H,97,111)(H,98,108)(H,99,109)(H,100,112)(H,101,113)(H,102,110)(H,114,115)(H,116,117)(H,118,119)(H,120,121);2*1H/t72-,73-,74-,79+,80+,81+;;/m1../s1. The van der Waals surface area contributed by atoms with Crippen LogP contribution in [0.3, 0.4) is 0 Å². The predicted molar refractivity (Wildman–Crippen MR) is 483 cm³/mol. The number of amides is 6. The van der Waals surface area contributed by atoms with E-state index in [1.165, 1.54) is 31.2 Å². The second kappa shape index (κ2) is 71.7. The predicted octanol–water partition coefficient (Wildman–Crippen LogP) is 11.7. The van der Waals surface area contributed by atoms with Crippen LogP contribution < -0.4 is 52.8 Å². The monoisotopic (exact) mass is 1800 g/mol. The van der Waals surface area contributed by atoms with Crippen molar-refractivity contribution in [3.05, 3.63) is 59.7 Å². The number of benzene rings is 2. The molecule has 2 aromatic rings. The lowest BCUT2D eigenvalue weighted by Crippen LogP contribution is -2.41. The molecule has 0 heterocycles. The van der Waals surface area contributed by atoms with Crippen molar-refractivity contribution in [2.75, 3.05) is 98.8 Å². The maximum absolute atomic E-state index is 13.9. The Balaban J connectivity index is 0.0000819. The lowest BCUT2D eigenvalue weighted by molar-refractivity contribution is -0.144. The van der Waals surface area contributed by atoms with E-state index in [9.17, 15) is 82.1 Å². The minimum Gasteiger partial charge on any atom is -0.494 e. The number of aromatic carboxylic acids is 2. The van der Waals surface area contributed by atoms with E-state index in [0.717, 1.165) is 103 Å². The molecule has 14 N–H and O–H groups in total. The summed E-state index contributed by atoms with van der Waals surface area (Å²) in [6.45, 7) is 9.97. The number of carbonyl (C=O) groups excluding carboxylic acids is 11. The number of Topliss-reactive ketones (excluding diaryl/α,β-unsaturated/α-hetero) is 5. The van der Waals surface area contributed by atoms with Crippen molar-refractivity contribution in [1.29, 1.82) is 0 Å². The molecule has 0 aromatic heterocycles. The number of ether oxygens (including phenoxy) is 6. The largest absolute Gasteiger partial charge is 0.494 e. The van der Waals surface area contributed by atoms with Gasteiger partial charge in [-0.3, -0.25) is 57.5 Å². The molecule has 0 saturated carbocycles. The summed E-state index contributed by atoms with van der Waals surface area (Å²) in [6.07, 6.45) is 24.9. The molecule has 0 fully saturated rings. The number of rotatable bonds is 84. The summed E-state index contributed by atoms with van der Waals surface area (Å²) < 4.78 is 33.1. The maximum Gasteiger partial charge on any atom is 0.335 e. The third-order valence-corrected chi connectivity index (χ3v) is 21.8. The first kappa shape index (κ1) is 114. The third-order valence-electron chi connectivity index (χ3n) is 21.8. The van der Waals surface area contributed by atoms with Crippen molar-refractivity contribution in [2.24, 2.45) is 34.6 Å². The molecule has 0 bridgehead atoms. The number of hydrogen-bond donors (Lipinski definition) is 12. The van der Waals surface area contributed by atoms with E-state index in [4.69, 9.17) is 50.1 Å². The number of aliphatic carboxylic acids is 2. The van der Waals surface area contributed by atoms with E-state index in [2.05, 4.69) is 31.9 Å². The SMILES string of the molecule is CC(=O)[C@H](CCCCNC(=O)[C@@H](N)CCCCCC(=O)COCCOCCNC(=O)CC[C@H](CC(=O)CCCCCCCCCCCOc1ccc(C(=O)O)cc1)C(=O)O)CC(=O)[C@H](CCCCNC(=O)[C@@H](N)CCCCNC(=O)COCCOCCNC(=O)CC[C@H](NC(=O)CCCCCCCCCCCOc1ccc(C(=O)O)cc1)C(=O)O)CC(=O)C(C)(C)C.[HH].[HH]. The number of unbranched alkanes of at least 4 members (excludes halogenated alkanes) is 21. The van der Waals surface area contributed by atoms with Gasteiger partial charge in [0.15, 0.2) is 5.78 Å². The fraction of sp³-hybridized carbons (Fsp3) is 0.713. The first-order valence-electron chi connectivity index (χ1n) is 46.3. The topological polar surface area (TPSA) is 517 Å². The van der Waals surface area contributed by atoms with Gasteiger partial charge >= 0.3 is 23.9 Å². The molecule has 2 rings (SSSR count). The summed E-state index contributed by atoms with van der Waals surface area (Å²) in [5.74, 6) is -7.76. The molecule has 6 atom stereocenters. The molecule has 0 spiro atoms. The molecule has 0 saturated heterocycles. The summed E-state index contributed by atoms with van der Waals surface area (Å²) in [5.41, 5.74) is 12.1. The molecular formula is C94H156N8O25. The number of carbonyl (C=O) groups is 15. The summed E-state index contributed by atoms with van der Waals surface area (Å²) in [5, 5.41) is 53.7. The number of nitrogens with two attached hydrogens (primary N) is 2. The highest BCUT2D eigenvalue weighted by Crippen LogP contribution is 2.28. The summed E-state index contributed by atoms with van der Waals surface area (Å²) in [6, 6.07) is 9.97. The Kier molecular flexibility index (Phi) is 64.4. The molecular weight excluding hydrogens is 1640 g/mol. The van der Waals surface area contributed by atoms with Crippen LogP contribution in [0.5, 0.6) is 11.5 Å². The van der Waals surface area contributed by atoms with Crippen molar-refractivity contribution in [1.82, 2.24) is 31.9 Å². The van der Waals surface area contributed by atoms with Crippen molar-refractivity contribution in [3.63, 3.8) is 0 Å². The number of hydrogen-bond acceptors (Lipinski definition) is 23. The zero-order valence-electron chi connectivity index (χ0n) is 76.2. The van der Waals surface area contributed by atoms with Gasteiger partial charge in [-0.2, -0.15) is 0 Å². The molecule has 0 unspecified atom stereocenters. The Bertz CT molecular complexity index is 3540. The second-order valence-corrected chi connectivity index (χ2v) is 33.9. The molecule has 6 amide bonds. The number of carboxylic acids is 4. The van der Waals surface area contributed by atoms with Gasteiger partial charge in [-0.25, -0.2) is 14.4 Å². The normalized spacial score (nSPS) is 12.7. The van der Waals surface area contributed by atoms with Crippen LogP contribution in [0.4, 0.5) is 0 Å². The van der Waals surface area contributed by atoms with Gasteiger partial charge in [0.25, 0.3) is 0 Å². The zero-order valence-corrected chi connectivity index (χ0v) is 76.2. The average Bonchev–Trinajstić information content (AvgIpc) is 0.856. The fourth-order valence-electron chi connectivity index (χ4n) is 13.8. The number of ketones is 5. The van der Waals surface area contributed by atoms with Crippen LogP contribution in [-0.4, -0.2) is 226 Å². The van der Waals surface area contributed by atoms with Crippen LogP contribution in [0.15, 0.2) is 48.5 Å². The summed E-state index contributed by atoms with van der Waals surface area (Å²) in [7, 11) is 0. The second-order valence-electron chi connectivity index (χ2n) is 33.9.